The number of hydrogen-bond acceptors (Lipinski definition) is 5. The number of likely N-dealkylation sites (tertiary alicyclic amines) is 1. The van der Waals surface area contributed by atoms with Crippen LogP contribution >= 0.6 is 0 Å². The van der Waals surface area contributed by atoms with E-state index in [9.17, 15) is 9.90 Å². The molecular weight excluding hydrogens is 258 g/mol. The summed E-state index contributed by atoms with van der Waals surface area (Å²) in [6.07, 6.45) is 2.05. The van der Waals surface area contributed by atoms with E-state index in [0.29, 0.717) is 13.2 Å². The molecule has 1 unspecified atom stereocenters. The number of aliphatic hydroxyl groups is 1. The summed E-state index contributed by atoms with van der Waals surface area (Å²) < 4.78 is 10.4. The molecule has 5 heteroatoms. The summed E-state index contributed by atoms with van der Waals surface area (Å²) in [6.45, 7) is 7.31. The van der Waals surface area contributed by atoms with E-state index in [1.54, 1.807) is 19.1 Å². The lowest BCUT2D eigenvalue weighted by Crippen LogP contribution is -2.45. The summed E-state index contributed by atoms with van der Waals surface area (Å²) >= 11 is 0. The minimum absolute atomic E-state index is 0.124. The van der Waals surface area contributed by atoms with Crippen molar-refractivity contribution in [3.63, 3.8) is 0 Å². The van der Waals surface area contributed by atoms with Crippen LogP contribution in [0.15, 0.2) is 16.5 Å². The lowest BCUT2D eigenvalue weighted by molar-refractivity contribution is -0.00701. The number of furan rings is 1. The molecule has 1 aromatic rings. The van der Waals surface area contributed by atoms with Gasteiger partial charge in [0.05, 0.1) is 18.8 Å². The third kappa shape index (κ3) is 3.41. The van der Waals surface area contributed by atoms with Crippen LogP contribution in [0.25, 0.3) is 0 Å². The fraction of sp³-hybridized carbons (Fsp3) is 0.667. The lowest BCUT2D eigenvalue weighted by Gasteiger charge is -2.33. The maximum Gasteiger partial charge on any atom is 0.374 e. The summed E-state index contributed by atoms with van der Waals surface area (Å²) in [5.41, 5.74) is -0.729. The molecule has 0 bridgehead atoms. The zero-order valence-corrected chi connectivity index (χ0v) is 12.4. The highest BCUT2D eigenvalue weighted by molar-refractivity contribution is 5.86. The Morgan fingerprint density at radius 1 is 1.55 bits per heavy atom. The van der Waals surface area contributed by atoms with Crippen LogP contribution in [0.2, 0.25) is 0 Å². The van der Waals surface area contributed by atoms with E-state index in [4.69, 9.17) is 9.15 Å². The van der Waals surface area contributed by atoms with Crippen molar-refractivity contribution in [1.82, 2.24) is 4.90 Å². The van der Waals surface area contributed by atoms with Gasteiger partial charge in [0.1, 0.15) is 5.76 Å². The molecule has 2 heterocycles. The molecule has 1 fully saturated rings. The predicted molar refractivity (Wildman–Crippen MR) is 74.4 cm³/mol. The number of ether oxygens (including phenoxy) is 1. The minimum atomic E-state index is -0.729. The molecule has 1 aromatic heterocycles. The fourth-order valence-electron chi connectivity index (χ4n) is 2.79. The standard InChI is InChI=1S/C15H23NO4/c1-4-19-14(17)12-8-7-11(20-12)10-16-9-5-6-13(16)15(2,3)18/h7-8,13,18H,4-6,9-10H2,1-3H3. The highest BCUT2D eigenvalue weighted by Crippen LogP contribution is 2.28. The maximum atomic E-state index is 11.5. The Balaban J connectivity index is 2.01. The van der Waals surface area contributed by atoms with Gasteiger partial charge < -0.3 is 14.3 Å². The number of rotatable bonds is 5. The van der Waals surface area contributed by atoms with Crippen molar-refractivity contribution in [2.45, 2.75) is 51.8 Å². The Morgan fingerprint density at radius 3 is 2.95 bits per heavy atom. The predicted octanol–water partition coefficient (Wildman–Crippen LogP) is 2.19. The number of carbonyl (C=O) groups excluding carboxylic acids is 1. The van der Waals surface area contributed by atoms with Gasteiger partial charge >= 0.3 is 5.97 Å². The van der Waals surface area contributed by atoms with Crippen molar-refractivity contribution in [1.29, 1.82) is 0 Å². The Labute approximate surface area is 119 Å². The van der Waals surface area contributed by atoms with Crippen molar-refractivity contribution in [2.24, 2.45) is 0 Å². The monoisotopic (exact) mass is 281 g/mol. The van der Waals surface area contributed by atoms with E-state index in [2.05, 4.69) is 4.90 Å². The first-order valence-electron chi connectivity index (χ1n) is 7.14. The van der Waals surface area contributed by atoms with Crippen LogP contribution in [0.3, 0.4) is 0 Å². The Bertz CT molecular complexity index is 461. The van der Waals surface area contributed by atoms with E-state index in [1.807, 2.05) is 13.8 Å². The molecule has 0 radical (unpaired) electrons. The van der Waals surface area contributed by atoms with E-state index >= 15 is 0 Å². The molecule has 0 amide bonds. The summed E-state index contributed by atoms with van der Waals surface area (Å²) in [7, 11) is 0. The van der Waals surface area contributed by atoms with Gasteiger partial charge in [-0.1, -0.05) is 0 Å². The molecule has 0 aliphatic carbocycles. The van der Waals surface area contributed by atoms with Crippen molar-refractivity contribution in [2.75, 3.05) is 13.2 Å². The Hall–Kier alpha value is -1.33. The summed E-state index contributed by atoms with van der Waals surface area (Å²) in [5, 5.41) is 10.2. The Morgan fingerprint density at radius 2 is 2.30 bits per heavy atom. The lowest BCUT2D eigenvalue weighted by atomic mass is 9.96. The highest BCUT2D eigenvalue weighted by atomic mass is 16.5. The van der Waals surface area contributed by atoms with Gasteiger partial charge in [0.2, 0.25) is 5.76 Å². The molecule has 1 N–H and O–H groups in total. The molecular formula is C15H23NO4. The molecule has 0 aromatic carbocycles. The minimum Gasteiger partial charge on any atom is -0.460 e. The van der Waals surface area contributed by atoms with Crippen LogP contribution in [0, 0.1) is 0 Å². The molecule has 5 nitrogen and oxygen atoms in total. The van der Waals surface area contributed by atoms with Crippen molar-refractivity contribution >= 4 is 5.97 Å². The van der Waals surface area contributed by atoms with E-state index in [1.165, 1.54) is 0 Å². The second-order valence-electron chi connectivity index (χ2n) is 5.77. The normalized spacial score (nSPS) is 20.3. The number of nitrogens with zero attached hydrogens (tertiary/aromatic N) is 1. The van der Waals surface area contributed by atoms with Crippen molar-refractivity contribution in [3.05, 3.63) is 23.7 Å². The van der Waals surface area contributed by atoms with E-state index in [-0.39, 0.29) is 11.8 Å². The highest BCUT2D eigenvalue weighted by Gasteiger charge is 2.36. The number of carbonyl (C=O) groups is 1. The topological polar surface area (TPSA) is 62.9 Å². The van der Waals surface area contributed by atoms with Gasteiger partial charge in [-0.3, -0.25) is 4.90 Å². The van der Waals surface area contributed by atoms with Gasteiger partial charge in [-0.05, 0) is 52.3 Å². The first-order chi connectivity index (χ1) is 9.41. The van der Waals surface area contributed by atoms with Crippen molar-refractivity contribution < 1.29 is 19.1 Å². The summed E-state index contributed by atoms with van der Waals surface area (Å²) in [6, 6.07) is 3.56. The van der Waals surface area contributed by atoms with Crippen LogP contribution in [0.4, 0.5) is 0 Å². The molecule has 1 aliphatic heterocycles. The molecule has 1 saturated heterocycles. The average Bonchev–Trinajstić information content (AvgIpc) is 2.98. The fourth-order valence-corrected chi connectivity index (χ4v) is 2.79. The zero-order chi connectivity index (χ0) is 14.8. The van der Waals surface area contributed by atoms with E-state index < -0.39 is 11.6 Å². The summed E-state index contributed by atoms with van der Waals surface area (Å²) in [4.78, 5) is 13.8. The Kier molecular flexibility index (Phi) is 4.50. The van der Waals surface area contributed by atoms with Crippen LogP contribution in [0.1, 0.15) is 49.9 Å². The zero-order valence-electron chi connectivity index (χ0n) is 12.4. The maximum absolute atomic E-state index is 11.5. The van der Waals surface area contributed by atoms with Crippen LogP contribution in [0.5, 0.6) is 0 Å². The first-order valence-corrected chi connectivity index (χ1v) is 7.14. The van der Waals surface area contributed by atoms with Gasteiger partial charge in [-0.15, -0.1) is 0 Å². The van der Waals surface area contributed by atoms with Crippen LogP contribution < -0.4 is 0 Å². The van der Waals surface area contributed by atoms with Crippen LogP contribution in [-0.4, -0.2) is 40.8 Å². The SMILES string of the molecule is CCOC(=O)c1ccc(CN2CCCC2C(C)(C)O)o1. The van der Waals surface area contributed by atoms with Gasteiger partial charge in [-0.25, -0.2) is 4.79 Å². The van der Waals surface area contributed by atoms with Crippen molar-refractivity contribution in [3.8, 4) is 0 Å². The number of hydrogen-bond donors (Lipinski definition) is 1. The second kappa shape index (κ2) is 5.97. The summed E-state index contributed by atoms with van der Waals surface area (Å²) in [5.74, 6) is 0.532. The smallest absolute Gasteiger partial charge is 0.374 e. The van der Waals surface area contributed by atoms with Gasteiger partial charge in [-0.2, -0.15) is 0 Å². The molecule has 0 spiro atoms. The third-order valence-electron chi connectivity index (χ3n) is 3.68. The van der Waals surface area contributed by atoms with Gasteiger partial charge in [0.15, 0.2) is 0 Å². The van der Waals surface area contributed by atoms with E-state index in [0.717, 1.165) is 25.1 Å². The average molecular weight is 281 g/mol. The molecule has 20 heavy (non-hydrogen) atoms. The second-order valence-corrected chi connectivity index (χ2v) is 5.77. The molecule has 0 saturated carbocycles. The first kappa shape index (κ1) is 15.1. The molecule has 112 valence electrons. The third-order valence-corrected chi connectivity index (χ3v) is 3.68. The van der Waals surface area contributed by atoms with Gasteiger partial charge in [0.25, 0.3) is 0 Å². The molecule has 2 rings (SSSR count). The quantitative estimate of drug-likeness (QED) is 0.838. The molecule has 1 atom stereocenters. The number of esters is 1. The largest absolute Gasteiger partial charge is 0.460 e. The van der Waals surface area contributed by atoms with Gasteiger partial charge in [0, 0.05) is 6.04 Å². The van der Waals surface area contributed by atoms with Crippen LogP contribution in [-0.2, 0) is 11.3 Å². The molecule has 1 aliphatic rings.